The minimum absolute atomic E-state index is 0.0337. The van der Waals surface area contributed by atoms with Gasteiger partial charge in [-0.15, -0.1) is 0 Å². The summed E-state index contributed by atoms with van der Waals surface area (Å²) in [5.41, 5.74) is 5.72. The standard InChI is InChI=1S/C38H39N5O4/c1-27-9-3-4-10-30(27)31-11-5-6-12-32(31)37(46)39-29-17-15-28(16-18-29)38(47)43-22-20-36(45)42(33-13-7-8-14-34(33)43)21-19-35(44)41-25-23-40(2)24-26-41/h3-18H,19-26H2,1-2H3,(H,39,46). The average molecular weight is 630 g/mol. The minimum Gasteiger partial charge on any atom is -0.340 e. The topological polar surface area (TPSA) is 93.3 Å². The van der Waals surface area contributed by atoms with Crippen LogP contribution in [0.1, 0.15) is 39.1 Å². The second kappa shape index (κ2) is 14.0. The largest absolute Gasteiger partial charge is 0.340 e. The minimum atomic E-state index is -0.247. The highest BCUT2D eigenvalue weighted by molar-refractivity contribution is 6.12. The Morgan fingerprint density at radius 1 is 0.723 bits per heavy atom. The van der Waals surface area contributed by atoms with E-state index in [0.29, 0.717) is 41.3 Å². The zero-order valence-electron chi connectivity index (χ0n) is 26.8. The molecule has 0 bridgehead atoms. The van der Waals surface area contributed by atoms with Gasteiger partial charge in [-0.05, 0) is 73.1 Å². The van der Waals surface area contributed by atoms with Crippen LogP contribution in [0, 0.1) is 6.92 Å². The van der Waals surface area contributed by atoms with Crippen LogP contribution in [0.4, 0.5) is 17.1 Å². The number of fused-ring (bicyclic) bond motifs is 1. The lowest BCUT2D eigenvalue weighted by Gasteiger charge is -2.33. The molecule has 0 aliphatic carbocycles. The van der Waals surface area contributed by atoms with Gasteiger partial charge in [0.2, 0.25) is 11.8 Å². The summed E-state index contributed by atoms with van der Waals surface area (Å²) in [6.07, 6.45) is 0.359. The third-order valence-electron chi connectivity index (χ3n) is 8.96. The highest BCUT2D eigenvalue weighted by Crippen LogP contribution is 2.34. The highest BCUT2D eigenvalue weighted by Gasteiger charge is 2.30. The van der Waals surface area contributed by atoms with Crippen molar-refractivity contribution in [1.82, 2.24) is 9.80 Å². The van der Waals surface area contributed by atoms with Crippen molar-refractivity contribution < 1.29 is 19.2 Å². The van der Waals surface area contributed by atoms with Gasteiger partial charge in [-0.3, -0.25) is 19.2 Å². The maximum atomic E-state index is 13.9. The Hall–Kier alpha value is -5.28. The molecular weight excluding hydrogens is 590 g/mol. The lowest BCUT2D eigenvalue weighted by Crippen LogP contribution is -2.48. The number of nitrogens with one attached hydrogen (secondary N) is 1. The molecule has 9 nitrogen and oxygen atoms in total. The molecule has 0 radical (unpaired) electrons. The first-order valence-corrected chi connectivity index (χ1v) is 16.0. The molecule has 0 atom stereocenters. The smallest absolute Gasteiger partial charge is 0.258 e. The fourth-order valence-corrected chi connectivity index (χ4v) is 6.24. The molecule has 6 rings (SSSR count). The zero-order valence-corrected chi connectivity index (χ0v) is 26.8. The summed E-state index contributed by atoms with van der Waals surface area (Å²) in [5.74, 6) is -0.577. The van der Waals surface area contributed by atoms with Crippen LogP contribution in [0.3, 0.4) is 0 Å². The Kier molecular flexibility index (Phi) is 9.45. The van der Waals surface area contributed by atoms with Crippen LogP contribution < -0.4 is 15.1 Å². The first-order chi connectivity index (χ1) is 22.8. The monoisotopic (exact) mass is 629 g/mol. The molecule has 2 aliphatic rings. The van der Waals surface area contributed by atoms with E-state index in [4.69, 9.17) is 0 Å². The summed E-state index contributed by atoms with van der Waals surface area (Å²) in [6, 6.07) is 29.6. The lowest BCUT2D eigenvalue weighted by molar-refractivity contribution is -0.132. The van der Waals surface area contributed by atoms with Crippen molar-refractivity contribution in [1.29, 1.82) is 0 Å². The molecule has 240 valence electrons. The molecule has 1 N–H and O–H groups in total. The predicted molar refractivity (Wildman–Crippen MR) is 185 cm³/mol. The Labute approximate surface area is 275 Å². The number of carbonyl (C=O) groups is 4. The van der Waals surface area contributed by atoms with Crippen LogP contribution in [0.15, 0.2) is 97.1 Å². The van der Waals surface area contributed by atoms with Crippen molar-refractivity contribution >= 4 is 40.7 Å². The molecule has 0 unspecified atom stereocenters. The molecule has 1 saturated heterocycles. The van der Waals surface area contributed by atoms with E-state index in [1.54, 1.807) is 40.1 Å². The van der Waals surface area contributed by atoms with Crippen LogP contribution in [-0.4, -0.2) is 79.7 Å². The number of hydrogen-bond donors (Lipinski definition) is 1. The molecule has 4 aromatic rings. The molecule has 9 heteroatoms. The van der Waals surface area contributed by atoms with Crippen molar-refractivity contribution in [3.8, 4) is 11.1 Å². The third kappa shape index (κ3) is 6.95. The summed E-state index contributed by atoms with van der Waals surface area (Å²) < 4.78 is 0. The Morgan fingerprint density at radius 3 is 2.09 bits per heavy atom. The van der Waals surface area contributed by atoms with E-state index in [1.807, 2.05) is 85.6 Å². The van der Waals surface area contributed by atoms with Gasteiger partial charge in [0.1, 0.15) is 0 Å². The molecule has 0 spiro atoms. The number of para-hydroxylation sites is 2. The number of rotatable bonds is 7. The second-order valence-corrected chi connectivity index (χ2v) is 12.1. The summed E-state index contributed by atoms with van der Waals surface area (Å²) in [4.78, 5) is 60.8. The number of carbonyl (C=O) groups excluding carboxylic acids is 4. The van der Waals surface area contributed by atoms with Crippen LogP contribution in [-0.2, 0) is 9.59 Å². The van der Waals surface area contributed by atoms with Gasteiger partial charge in [-0.1, -0.05) is 54.6 Å². The van der Waals surface area contributed by atoms with Crippen molar-refractivity contribution in [2.75, 3.05) is 61.4 Å². The number of piperazine rings is 1. The number of benzene rings is 4. The van der Waals surface area contributed by atoms with E-state index in [2.05, 4.69) is 10.2 Å². The maximum absolute atomic E-state index is 13.9. The molecule has 2 aliphatic heterocycles. The van der Waals surface area contributed by atoms with Gasteiger partial charge in [-0.2, -0.15) is 0 Å². The number of aryl methyl sites for hydroxylation is 1. The van der Waals surface area contributed by atoms with Crippen molar-refractivity contribution in [3.05, 3.63) is 114 Å². The molecule has 4 amide bonds. The van der Waals surface area contributed by atoms with Gasteiger partial charge >= 0.3 is 0 Å². The summed E-state index contributed by atoms with van der Waals surface area (Å²) >= 11 is 0. The van der Waals surface area contributed by atoms with Crippen LogP contribution in [0.25, 0.3) is 11.1 Å². The average Bonchev–Trinajstić information content (AvgIpc) is 3.23. The second-order valence-electron chi connectivity index (χ2n) is 12.1. The number of likely N-dealkylation sites (N-methyl/N-ethyl adjacent to an activating group) is 1. The van der Waals surface area contributed by atoms with Gasteiger partial charge in [0.25, 0.3) is 11.8 Å². The SMILES string of the molecule is Cc1ccccc1-c1ccccc1C(=O)Nc1ccc(C(=O)N2CCC(=O)N(CCC(=O)N3CCN(C)CC3)c3ccccc32)cc1. The van der Waals surface area contributed by atoms with Gasteiger partial charge in [0, 0.05) is 68.9 Å². The fourth-order valence-electron chi connectivity index (χ4n) is 6.24. The van der Waals surface area contributed by atoms with Crippen LogP contribution >= 0.6 is 0 Å². The first-order valence-electron chi connectivity index (χ1n) is 16.0. The van der Waals surface area contributed by atoms with E-state index in [0.717, 1.165) is 29.8 Å². The molecule has 47 heavy (non-hydrogen) atoms. The van der Waals surface area contributed by atoms with E-state index in [9.17, 15) is 19.2 Å². The van der Waals surface area contributed by atoms with Crippen molar-refractivity contribution in [3.63, 3.8) is 0 Å². The molecule has 4 aromatic carbocycles. The van der Waals surface area contributed by atoms with Crippen molar-refractivity contribution in [2.45, 2.75) is 19.8 Å². The number of hydrogen-bond acceptors (Lipinski definition) is 5. The number of amides is 4. The van der Waals surface area contributed by atoms with Gasteiger partial charge < -0.3 is 24.9 Å². The van der Waals surface area contributed by atoms with E-state index < -0.39 is 0 Å². The van der Waals surface area contributed by atoms with Crippen molar-refractivity contribution in [2.24, 2.45) is 0 Å². The Bertz CT molecular complexity index is 1800. The van der Waals surface area contributed by atoms with E-state index in [1.165, 1.54) is 0 Å². The maximum Gasteiger partial charge on any atom is 0.258 e. The number of anilines is 3. The Balaban J connectivity index is 1.16. The summed E-state index contributed by atoms with van der Waals surface area (Å²) in [5, 5.41) is 2.97. The first kappa shape index (κ1) is 31.7. The quantitative estimate of drug-likeness (QED) is 0.293. The fraction of sp³-hybridized carbons (Fsp3) is 0.263. The van der Waals surface area contributed by atoms with Crippen LogP contribution in [0.5, 0.6) is 0 Å². The Morgan fingerprint density at radius 2 is 1.36 bits per heavy atom. The zero-order chi connectivity index (χ0) is 32.9. The predicted octanol–water partition coefficient (Wildman–Crippen LogP) is 5.46. The highest BCUT2D eigenvalue weighted by atomic mass is 16.2. The van der Waals surface area contributed by atoms with Gasteiger partial charge in [-0.25, -0.2) is 0 Å². The lowest BCUT2D eigenvalue weighted by atomic mass is 9.95. The number of nitrogens with zero attached hydrogens (tertiary/aromatic N) is 4. The molecule has 0 saturated carbocycles. The van der Waals surface area contributed by atoms with Gasteiger partial charge in [0.05, 0.1) is 11.4 Å². The summed E-state index contributed by atoms with van der Waals surface area (Å²) in [7, 11) is 2.04. The molecule has 2 heterocycles. The molecule has 0 aromatic heterocycles. The van der Waals surface area contributed by atoms with Gasteiger partial charge in [0.15, 0.2) is 0 Å². The summed E-state index contributed by atoms with van der Waals surface area (Å²) in [6.45, 7) is 5.53. The van der Waals surface area contributed by atoms with E-state index in [-0.39, 0.29) is 49.6 Å². The third-order valence-corrected chi connectivity index (χ3v) is 8.96. The molecular formula is C38H39N5O4. The van der Waals surface area contributed by atoms with E-state index >= 15 is 0 Å². The normalized spacial score (nSPS) is 15.2. The van der Waals surface area contributed by atoms with Crippen LogP contribution in [0.2, 0.25) is 0 Å². The molecule has 1 fully saturated rings.